The van der Waals surface area contributed by atoms with Crippen molar-refractivity contribution in [3.05, 3.63) is 23.0 Å². The molecule has 0 aromatic heterocycles. The summed E-state index contributed by atoms with van der Waals surface area (Å²) in [6.07, 6.45) is 3.70. The molecule has 0 radical (unpaired) electrons. The summed E-state index contributed by atoms with van der Waals surface area (Å²) in [6, 6.07) is 0. The average Bonchev–Trinajstić information content (AvgIpc) is 3.39. The smallest absolute Gasteiger partial charge is 0.336 e. The Bertz CT molecular complexity index is 582. The van der Waals surface area contributed by atoms with Gasteiger partial charge in [0.1, 0.15) is 5.17 Å². The molecule has 1 aliphatic carbocycles. The van der Waals surface area contributed by atoms with Crippen LogP contribution in [0.25, 0.3) is 0 Å². The molecule has 0 saturated heterocycles. The fraction of sp³-hybridized carbons (Fsp3) is 0.562. The number of ether oxygens (including phenoxy) is 2. The van der Waals surface area contributed by atoms with Gasteiger partial charge in [0, 0.05) is 24.9 Å². The van der Waals surface area contributed by atoms with Crippen LogP contribution in [0.15, 0.2) is 28.0 Å². The van der Waals surface area contributed by atoms with Gasteiger partial charge in [0.05, 0.1) is 24.9 Å². The summed E-state index contributed by atoms with van der Waals surface area (Å²) in [5.41, 5.74) is 6.73. The molecule has 9 heteroatoms. The number of methoxy groups -OCH3 is 1. The van der Waals surface area contributed by atoms with Crippen LogP contribution < -0.4 is 11.1 Å². The third-order valence-corrected chi connectivity index (χ3v) is 3.93. The van der Waals surface area contributed by atoms with Gasteiger partial charge < -0.3 is 20.5 Å². The fourth-order valence-corrected chi connectivity index (χ4v) is 2.45. The Morgan fingerprint density at radius 3 is 2.36 bits per heavy atom. The highest BCUT2D eigenvalue weighted by molar-refractivity contribution is 7.96. The molecule has 2 rings (SSSR count). The number of aliphatic imine (C=N–C) groups is 1. The molecular formula is C16H26ClN3O4S. The van der Waals surface area contributed by atoms with Crippen molar-refractivity contribution >= 4 is 42.1 Å². The first-order valence-electron chi connectivity index (χ1n) is 7.71. The van der Waals surface area contributed by atoms with E-state index in [0.29, 0.717) is 28.8 Å². The van der Waals surface area contributed by atoms with Gasteiger partial charge in [-0.2, -0.15) is 0 Å². The van der Waals surface area contributed by atoms with Gasteiger partial charge in [0.2, 0.25) is 0 Å². The quantitative estimate of drug-likeness (QED) is 0.292. The zero-order valence-corrected chi connectivity index (χ0v) is 16.6. The van der Waals surface area contributed by atoms with Crippen LogP contribution in [-0.2, 0) is 19.1 Å². The van der Waals surface area contributed by atoms with Crippen LogP contribution in [0.2, 0.25) is 0 Å². The number of carbonyl (C=O) groups excluding carboxylic acids is 2. The number of carbonyl (C=O) groups is 2. The summed E-state index contributed by atoms with van der Waals surface area (Å²) in [5, 5.41) is 3.29. The second-order valence-electron chi connectivity index (χ2n) is 5.39. The van der Waals surface area contributed by atoms with E-state index in [1.165, 1.54) is 7.11 Å². The molecule has 1 atom stereocenters. The van der Waals surface area contributed by atoms with Gasteiger partial charge in [0.25, 0.3) is 0 Å². The Morgan fingerprint density at radius 2 is 1.96 bits per heavy atom. The lowest BCUT2D eigenvalue weighted by molar-refractivity contribution is -0.139. The molecule has 25 heavy (non-hydrogen) atoms. The molecule has 7 nitrogen and oxygen atoms in total. The lowest BCUT2D eigenvalue weighted by Crippen LogP contribution is -2.31. The van der Waals surface area contributed by atoms with E-state index in [9.17, 15) is 9.59 Å². The van der Waals surface area contributed by atoms with Crippen LogP contribution in [0.5, 0.6) is 0 Å². The topological polar surface area (TPSA) is 103 Å². The molecule has 1 aliphatic heterocycles. The average molecular weight is 392 g/mol. The predicted octanol–water partition coefficient (Wildman–Crippen LogP) is 1.79. The van der Waals surface area contributed by atoms with Gasteiger partial charge >= 0.3 is 11.9 Å². The number of halogens is 1. The number of esters is 2. The van der Waals surface area contributed by atoms with E-state index in [-0.39, 0.29) is 30.3 Å². The number of thiol groups is 1. The molecule has 1 fully saturated rings. The van der Waals surface area contributed by atoms with Crippen LogP contribution in [0.3, 0.4) is 0 Å². The summed E-state index contributed by atoms with van der Waals surface area (Å²) in [5.74, 6) is -0.604. The van der Waals surface area contributed by atoms with E-state index in [1.54, 1.807) is 20.2 Å². The number of allylic oxidation sites excluding steroid dienone is 1. The Hall–Kier alpha value is -1.67. The zero-order valence-electron chi connectivity index (χ0n) is 14.9. The van der Waals surface area contributed by atoms with Gasteiger partial charge in [-0.15, -0.1) is 25.0 Å². The van der Waals surface area contributed by atoms with Gasteiger partial charge in [-0.1, -0.05) is 0 Å². The highest BCUT2D eigenvalue weighted by Crippen LogP contribution is 2.46. The molecule has 0 aromatic rings. The minimum absolute atomic E-state index is 0. The number of amidine groups is 1. The zero-order chi connectivity index (χ0) is 18.3. The Labute approximate surface area is 159 Å². The lowest BCUT2D eigenvalue weighted by Gasteiger charge is -2.26. The Kier molecular flexibility index (Phi) is 10.3. The van der Waals surface area contributed by atoms with E-state index in [1.807, 2.05) is 6.92 Å². The SMILES string of the molecule is CCOC(=O)C1=CNC(C)=C(C(=O)OC)[C@@H]1C1CC1.CN=C(N)S.Cl. The van der Waals surface area contributed by atoms with E-state index >= 15 is 0 Å². The number of nitrogens with one attached hydrogen (secondary N) is 1. The minimum atomic E-state index is -0.378. The maximum atomic E-state index is 12.0. The van der Waals surface area contributed by atoms with Crippen molar-refractivity contribution in [3.63, 3.8) is 0 Å². The van der Waals surface area contributed by atoms with Crippen molar-refractivity contribution < 1.29 is 19.1 Å². The van der Waals surface area contributed by atoms with Crippen molar-refractivity contribution in [2.45, 2.75) is 26.7 Å². The van der Waals surface area contributed by atoms with E-state index < -0.39 is 0 Å². The van der Waals surface area contributed by atoms with E-state index in [2.05, 4.69) is 22.9 Å². The molecule has 1 heterocycles. The highest BCUT2D eigenvalue weighted by Gasteiger charge is 2.43. The van der Waals surface area contributed by atoms with Crippen molar-refractivity contribution in [1.82, 2.24) is 5.32 Å². The van der Waals surface area contributed by atoms with Gasteiger partial charge in [-0.3, -0.25) is 4.99 Å². The second kappa shape index (κ2) is 11.0. The van der Waals surface area contributed by atoms with Crippen LogP contribution in [0.4, 0.5) is 0 Å². The molecule has 2 aliphatic rings. The highest BCUT2D eigenvalue weighted by atomic mass is 35.5. The molecule has 0 spiro atoms. The molecule has 1 saturated carbocycles. The maximum Gasteiger partial charge on any atom is 0.336 e. The fourth-order valence-electron chi connectivity index (χ4n) is 2.45. The normalized spacial score (nSPS) is 19.5. The Balaban J connectivity index is 0.000000848. The molecule has 0 amide bonds. The number of rotatable bonds is 4. The molecule has 142 valence electrons. The standard InChI is InChI=1S/C14H19NO4.C2H6N2S.ClH/c1-4-19-13(16)10-7-15-8(2)11(14(17)18-3)12(10)9-5-6-9;1-4-2(3)5;/h7,9,12,15H,4-6H2,1-3H3;1H3,(H3,3,4,5);1H/t12-;;/m1../s1. The monoisotopic (exact) mass is 391 g/mol. The van der Waals surface area contributed by atoms with Crippen molar-refractivity contribution in [1.29, 1.82) is 0 Å². The van der Waals surface area contributed by atoms with Crippen molar-refractivity contribution in [3.8, 4) is 0 Å². The van der Waals surface area contributed by atoms with Gasteiger partial charge in [-0.25, -0.2) is 9.59 Å². The first-order chi connectivity index (χ1) is 11.4. The summed E-state index contributed by atoms with van der Waals surface area (Å²) in [6.45, 7) is 3.91. The second-order valence-corrected chi connectivity index (χ2v) is 5.85. The van der Waals surface area contributed by atoms with Crippen LogP contribution in [0.1, 0.15) is 26.7 Å². The third-order valence-electron chi connectivity index (χ3n) is 3.73. The summed E-state index contributed by atoms with van der Waals surface area (Å²) >= 11 is 3.63. The third kappa shape index (κ3) is 6.62. The predicted molar refractivity (Wildman–Crippen MR) is 103 cm³/mol. The molecule has 0 unspecified atom stereocenters. The molecule has 3 N–H and O–H groups in total. The largest absolute Gasteiger partial charge is 0.466 e. The minimum Gasteiger partial charge on any atom is -0.466 e. The van der Waals surface area contributed by atoms with Gasteiger partial charge in [0.15, 0.2) is 0 Å². The number of hydrogen-bond donors (Lipinski definition) is 3. The molecular weight excluding hydrogens is 366 g/mol. The number of hydrogen-bond acceptors (Lipinski definition) is 6. The number of dihydropyridines is 1. The van der Waals surface area contributed by atoms with Gasteiger partial charge in [-0.05, 0) is 32.6 Å². The summed E-state index contributed by atoms with van der Waals surface area (Å²) in [4.78, 5) is 27.4. The lowest BCUT2D eigenvalue weighted by atomic mass is 9.84. The molecule has 0 aromatic carbocycles. The van der Waals surface area contributed by atoms with Crippen LogP contribution >= 0.6 is 25.0 Å². The molecule has 0 bridgehead atoms. The first-order valence-corrected chi connectivity index (χ1v) is 8.16. The maximum absolute atomic E-state index is 12.0. The van der Waals surface area contributed by atoms with Crippen LogP contribution in [-0.4, -0.2) is 37.9 Å². The summed E-state index contributed by atoms with van der Waals surface area (Å²) < 4.78 is 9.90. The van der Waals surface area contributed by atoms with Crippen molar-refractivity contribution in [2.75, 3.05) is 20.8 Å². The number of nitrogens with two attached hydrogens (primary N) is 1. The van der Waals surface area contributed by atoms with E-state index in [4.69, 9.17) is 15.2 Å². The van der Waals surface area contributed by atoms with Crippen LogP contribution in [0, 0.1) is 11.8 Å². The summed E-state index contributed by atoms with van der Waals surface area (Å²) in [7, 11) is 2.94. The number of nitrogens with zero attached hydrogens (tertiary/aromatic N) is 1. The van der Waals surface area contributed by atoms with Crippen molar-refractivity contribution in [2.24, 2.45) is 22.6 Å². The Morgan fingerprint density at radius 1 is 1.40 bits per heavy atom. The first kappa shape index (κ1) is 23.3. The van der Waals surface area contributed by atoms with E-state index in [0.717, 1.165) is 18.5 Å².